The number of para-hydroxylation sites is 1. The highest BCUT2D eigenvalue weighted by atomic mass is 127. The Morgan fingerprint density at radius 3 is 2.42 bits per heavy atom. The lowest BCUT2D eigenvalue weighted by Crippen LogP contribution is -2.48. The minimum absolute atomic E-state index is 0. The van der Waals surface area contributed by atoms with Crippen molar-refractivity contribution in [1.29, 1.82) is 0 Å². The van der Waals surface area contributed by atoms with Crippen LogP contribution >= 0.6 is 24.0 Å². The van der Waals surface area contributed by atoms with E-state index in [2.05, 4.69) is 21.7 Å². The van der Waals surface area contributed by atoms with Crippen molar-refractivity contribution in [3.8, 4) is 5.75 Å². The van der Waals surface area contributed by atoms with Gasteiger partial charge in [-0.1, -0.05) is 30.3 Å². The normalized spacial score (nSPS) is 22.1. The third kappa shape index (κ3) is 6.60. The van der Waals surface area contributed by atoms with Crippen LogP contribution in [0.2, 0.25) is 0 Å². The molecule has 1 fully saturated rings. The van der Waals surface area contributed by atoms with Crippen LogP contribution in [0.15, 0.2) is 53.5 Å². The molecular formula is C25H33IN4O3. The first-order valence-corrected chi connectivity index (χ1v) is 11.2. The van der Waals surface area contributed by atoms with Crippen LogP contribution < -0.4 is 15.4 Å². The minimum Gasteiger partial charge on any atom is -0.488 e. The van der Waals surface area contributed by atoms with Gasteiger partial charge in [-0.2, -0.15) is 0 Å². The summed E-state index contributed by atoms with van der Waals surface area (Å²) in [7, 11) is 1.76. The van der Waals surface area contributed by atoms with Crippen LogP contribution in [0.1, 0.15) is 35.3 Å². The van der Waals surface area contributed by atoms with Crippen LogP contribution in [0, 0.1) is 0 Å². The molecule has 4 rings (SSSR count). The highest BCUT2D eigenvalue weighted by Crippen LogP contribution is 2.27. The molecule has 1 saturated heterocycles. The van der Waals surface area contributed by atoms with E-state index in [9.17, 15) is 4.79 Å². The molecule has 8 heteroatoms. The van der Waals surface area contributed by atoms with Crippen LogP contribution in [-0.4, -0.2) is 61.8 Å². The van der Waals surface area contributed by atoms with E-state index in [1.807, 2.05) is 61.2 Å². The first kappa shape index (κ1) is 25.3. The standard InChI is InChI=1S/C25H32N4O3.HI/c1-17-15-29(16-18(2)31-17)24(30)20-10-8-19(9-11-20)13-27-25(26-3)28-14-22-12-21-6-4-5-7-23(21)32-22;/h4-11,17-18,22H,12-16H2,1-3H3,(H2,26,27,28);1H. The van der Waals surface area contributed by atoms with Crippen LogP contribution in [0.25, 0.3) is 0 Å². The average molecular weight is 564 g/mol. The number of guanidine groups is 1. The van der Waals surface area contributed by atoms with E-state index in [4.69, 9.17) is 9.47 Å². The molecule has 2 N–H and O–H groups in total. The number of hydrogen-bond donors (Lipinski definition) is 2. The smallest absolute Gasteiger partial charge is 0.254 e. The van der Waals surface area contributed by atoms with Crippen molar-refractivity contribution in [1.82, 2.24) is 15.5 Å². The van der Waals surface area contributed by atoms with Crippen molar-refractivity contribution in [3.05, 3.63) is 65.2 Å². The number of morpholine rings is 1. The van der Waals surface area contributed by atoms with Crippen LogP contribution in [0.5, 0.6) is 5.75 Å². The molecule has 3 unspecified atom stereocenters. The molecule has 7 nitrogen and oxygen atoms in total. The Bertz CT molecular complexity index is 931. The van der Waals surface area contributed by atoms with Crippen LogP contribution in [0.3, 0.4) is 0 Å². The number of carbonyl (C=O) groups excluding carboxylic acids is 1. The molecule has 1 amide bonds. The lowest BCUT2D eigenvalue weighted by Gasteiger charge is -2.35. The van der Waals surface area contributed by atoms with Crippen molar-refractivity contribution < 1.29 is 14.3 Å². The molecular weight excluding hydrogens is 531 g/mol. The number of ether oxygens (including phenoxy) is 2. The zero-order valence-electron chi connectivity index (χ0n) is 19.4. The first-order chi connectivity index (χ1) is 15.5. The molecule has 2 aliphatic rings. The summed E-state index contributed by atoms with van der Waals surface area (Å²) in [6.07, 6.45) is 1.13. The van der Waals surface area contributed by atoms with Gasteiger partial charge in [-0.25, -0.2) is 0 Å². The second kappa shape index (κ2) is 11.7. The maximum absolute atomic E-state index is 12.8. The summed E-state index contributed by atoms with van der Waals surface area (Å²) >= 11 is 0. The first-order valence-electron chi connectivity index (χ1n) is 11.2. The Kier molecular flexibility index (Phi) is 8.96. The van der Waals surface area contributed by atoms with E-state index in [-0.39, 0.29) is 48.2 Å². The lowest BCUT2D eigenvalue weighted by molar-refractivity contribution is -0.0586. The van der Waals surface area contributed by atoms with Crippen molar-refractivity contribution in [2.45, 2.75) is 45.1 Å². The van der Waals surface area contributed by atoms with Crippen LogP contribution in [0.4, 0.5) is 0 Å². The molecule has 0 radical (unpaired) electrons. The van der Waals surface area contributed by atoms with Gasteiger partial charge >= 0.3 is 0 Å². The lowest BCUT2D eigenvalue weighted by atomic mass is 10.1. The SMILES string of the molecule is CN=C(NCc1ccc(C(=O)N2CC(C)OC(C)C2)cc1)NCC1Cc2ccccc2O1.I. The molecule has 3 atom stereocenters. The van der Waals surface area contributed by atoms with Crippen molar-refractivity contribution in [2.24, 2.45) is 4.99 Å². The largest absolute Gasteiger partial charge is 0.488 e. The fourth-order valence-electron chi connectivity index (χ4n) is 4.28. The number of hydrogen-bond acceptors (Lipinski definition) is 4. The highest BCUT2D eigenvalue weighted by molar-refractivity contribution is 14.0. The van der Waals surface area contributed by atoms with E-state index in [0.717, 1.165) is 23.7 Å². The Morgan fingerprint density at radius 2 is 1.76 bits per heavy atom. The number of aliphatic imine (C=N–C) groups is 1. The third-order valence-corrected chi connectivity index (χ3v) is 5.80. The Morgan fingerprint density at radius 1 is 1.06 bits per heavy atom. The van der Waals surface area contributed by atoms with E-state index in [1.165, 1.54) is 5.56 Å². The van der Waals surface area contributed by atoms with Gasteiger partial charge in [0.1, 0.15) is 11.9 Å². The summed E-state index contributed by atoms with van der Waals surface area (Å²) in [6, 6.07) is 15.9. The molecule has 0 aromatic heterocycles. The van der Waals surface area contributed by atoms with E-state index >= 15 is 0 Å². The zero-order valence-corrected chi connectivity index (χ0v) is 21.7. The van der Waals surface area contributed by atoms with Crippen molar-refractivity contribution in [3.63, 3.8) is 0 Å². The second-order valence-corrected chi connectivity index (χ2v) is 8.52. The number of benzene rings is 2. The molecule has 178 valence electrons. The minimum atomic E-state index is 0. The van der Waals surface area contributed by atoms with Gasteiger partial charge in [0.05, 0.1) is 18.8 Å². The number of nitrogens with one attached hydrogen (secondary N) is 2. The van der Waals surface area contributed by atoms with Gasteiger partial charge in [0.2, 0.25) is 0 Å². The Hall–Kier alpha value is -2.33. The highest BCUT2D eigenvalue weighted by Gasteiger charge is 2.26. The summed E-state index contributed by atoms with van der Waals surface area (Å²) in [6.45, 7) is 6.56. The van der Waals surface area contributed by atoms with E-state index in [1.54, 1.807) is 7.05 Å². The number of carbonyl (C=O) groups is 1. The van der Waals surface area contributed by atoms with Gasteiger partial charge in [0, 0.05) is 38.7 Å². The van der Waals surface area contributed by atoms with Gasteiger partial charge in [0.15, 0.2) is 5.96 Å². The average Bonchev–Trinajstić information content (AvgIpc) is 3.21. The molecule has 2 aromatic rings. The zero-order chi connectivity index (χ0) is 22.5. The number of halogens is 1. The number of amides is 1. The van der Waals surface area contributed by atoms with Crippen molar-refractivity contribution in [2.75, 3.05) is 26.7 Å². The monoisotopic (exact) mass is 564 g/mol. The predicted octanol–water partition coefficient (Wildman–Crippen LogP) is 3.22. The number of nitrogens with zero attached hydrogens (tertiary/aromatic N) is 2. The third-order valence-electron chi connectivity index (χ3n) is 5.80. The van der Waals surface area contributed by atoms with Gasteiger partial charge < -0.3 is 25.0 Å². The van der Waals surface area contributed by atoms with Gasteiger partial charge in [-0.3, -0.25) is 9.79 Å². The molecule has 2 aromatic carbocycles. The quantitative estimate of drug-likeness (QED) is 0.332. The fourth-order valence-corrected chi connectivity index (χ4v) is 4.28. The van der Waals surface area contributed by atoms with Crippen molar-refractivity contribution >= 4 is 35.8 Å². The van der Waals surface area contributed by atoms with E-state index in [0.29, 0.717) is 31.7 Å². The Balaban J connectivity index is 0.00000306. The fraction of sp³-hybridized carbons (Fsp3) is 0.440. The molecule has 33 heavy (non-hydrogen) atoms. The molecule has 2 aliphatic heterocycles. The summed E-state index contributed by atoms with van der Waals surface area (Å²) in [5.41, 5.74) is 3.03. The topological polar surface area (TPSA) is 75.2 Å². The molecule has 0 bridgehead atoms. The van der Waals surface area contributed by atoms with E-state index < -0.39 is 0 Å². The predicted molar refractivity (Wildman–Crippen MR) is 141 cm³/mol. The summed E-state index contributed by atoms with van der Waals surface area (Å²) in [4.78, 5) is 19.0. The number of rotatable bonds is 5. The molecule has 2 heterocycles. The summed E-state index contributed by atoms with van der Waals surface area (Å²) in [5, 5.41) is 6.66. The maximum atomic E-state index is 12.8. The summed E-state index contributed by atoms with van der Waals surface area (Å²) < 4.78 is 11.7. The summed E-state index contributed by atoms with van der Waals surface area (Å²) in [5.74, 6) is 1.75. The Labute approximate surface area is 213 Å². The molecule has 0 saturated carbocycles. The van der Waals surface area contributed by atoms with Gasteiger partial charge in [-0.15, -0.1) is 24.0 Å². The van der Waals surface area contributed by atoms with Gasteiger partial charge in [-0.05, 0) is 43.2 Å². The van der Waals surface area contributed by atoms with Gasteiger partial charge in [0.25, 0.3) is 5.91 Å². The number of fused-ring (bicyclic) bond motifs is 1. The maximum Gasteiger partial charge on any atom is 0.254 e. The van der Waals surface area contributed by atoms with Crippen LogP contribution in [-0.2, 0) is 17.7 Å². The second-order valence-electron chi connectivity index (χ2n) is 8.52. The molecule has 0 spiro atoms. The molecule has 0 aliphatic carbocycles.